The molecule has 0 bridgehead atoms. The van der Waals surface area contributed by atoms with Crippen LogP contribution in [0.4, 0.5) is 0 Å². The zero-order chi connectivity index (χ0) is 17.7. The molecule has 0 atom stereocenters. The van der Waals surface area contributed by atoms with Crippen molar-refractivity contribution in [1.82, 2.24) is 10.2 Å². The standard InChI is InChI=1S/C18H28N2O3S.ClH/c1-4-19-13-15-9-11-20(12-10-15)18(21)16-7-5-6-8-17(16)24(22,23)14(2)3;/h5-8,14-15,19H,4,9-13H2,1-3H3;1H. The van der Waals surface area contributed by atoms with Gasteiger partial charge in [0.15, 0.2) is 9.84 Å². The highest BCUT2D eigenvalue weighted by atomic mass is 35.5. The van der Waals surface area contributed by atoms with Gasteiger partial charge in [-0.05, 0) is 57.8 Å². The van der Waals surface area contributed by atoms with Crippen LogP contribution in [0.1, 0.15) is 44.0 Å². The van der Waals surface area contributed by atoms with Gasteiger partial charge in [-0.2, -0.15) is 0 Å². The normalized spacial score (nSPS) is 15.9. The molecule has 1 saturated heterocycles. The van der Waals surface area contributed by atoms with Gasteiger partial charge in [-0.25, -0.2) is 8.42 Å². The Hall–Kier alpha value is -1.11. The fraction of sp³-hybridized carbons (Fsp3) is 0.611. The van der Waals surface area contributed by atoms with Gasteiger partial charge in [0.2, 0.25) is 0 Å². The predicted octanol–water partition coefficient (Wildman–Crippen LogP) is 2.75. The number of carbonyl (C=O) groups excluding carboxylic acids is 1. The van der Waals surface area contributed by atoms with E-state index in [0.717, 1.165) is 25.9 Å². The first-order valence-electron chi connectivity index (χ1n) is 8.70. The van der Waals surface area contributed by atoms with Crippen LogP contribution in [0, 0.1) is 5.92 Å². The topological polar surface area (TPSA) is 66.5 Å². The van der Waals surface area contributed by atoms with Crippen molar-refractivity contribution in [3.63, 3.8) is 0 Å². The number of piperidine rings is 1. The lowest BCUT2D eigenvalue weighted by Crippen LogP contribution is -2.41. The number of halogens is 1. The molecule has 1 aromatic carbocycles. The van der Waals surface area contributed by atoms with E-state index in [-0.39, 0.29) is 23.2 Å². The van der Waals surface area contributed by atoms with Crippen LogP contribution in [0.5, 0.6) is 0 Å². The van der Waals surface area contributed by atoms with Crippen molar-refractivity contribution >= 4 is 28.2 Å². The van der Waals surface area contributed by atoms with Crippen molar-refractivity contribution < 1.29 is 13.2 Å². The number of hydrogen-bond donors (Lipinski definition) is 1. The summed E-state index contributed by atoms with van der Waals surface area (Å²) >= 11 is 0. The molecule has 0 spiro atoms. The second-order valence-corrected chi connectivity index (χ2v) is 9.11. The van der Waals surface area contributed by atoms with E-state index in [2.05, 4.69) is 12.2 Å². The Bertz CT molecular complexity index is 669. The molecule has 142 valence electrons. The Morgan fingerprint density at radius 1 is 1.24 bits per heavy atom. The quantitative estimate of drug-likeness (QED) is 0.813. The van der Waals surface area contributed by atoms with Crippen molar-refractivity contribution in [1.29, 1.82) is 0 Å². The molecule has 0 saturated carbocycles. The van der Waals surface area contributed by atoms with Crippen LogP contribution in [-0.2, 0) is 9.84 Å². The first kappa shape index (κ1) is 21.9. The maximum absolute atomic E-state index is 12.9. The zero-order valence-corrected chi connectivity index (χ0v) is 16.8. The summed E-state index contributed by atoms with van der Waals surface area (Å²) in [5.41, 5.74) is 0.302. The van der Waals surface area contributed by atoms with Crippen LogP contribution in [0.25, 0.3) is 0 Å². The number of rotatable bonds is 6. The van der Waals surface area contributed by atoms with E-state index < -0.39 is 15.1 Å². The average Bonchev–Trinajstić information content (AvgIpc) is 2.59. The summed E-state index contributed by atoms with van der Waals surface area (Å²) in [6, 6.07) is 6.57. The molecule has 5 nitrogen and oxygen atoms in total. The zero-order valence-electron chi connectivity index (χ0n) is 15.2. The lowest BCUT2D eigenvalue weighted by atomic mass is 9.96. The summed E-state index contributed by atoms with van der Waals surface area (Å²) in [6.07, 6.45) is 1.91. The van der Waals surface area contributed by atoms with Gasteiger partial charge in [0, 0.05) is 13.1 Å². The maximum atomic E-state index is 12.9. The lowest BCUT2D eigenvalue weighted by Gasteiger charge is -2.32. The Labute approximate surface area is 157 Å². The maximum Gasteiger partial charge on any atom is 0.255 e. The number of amides is 1. The van der Waals surface area contributed by atoms with E-state index in [1.165, 1.54) is 0 Å². The van der Waals surface area contributed by atoms with Gasteiger partial charge >= 0.3 is 0 Å². The van der Waals surface area contributed by atoms with E-state index in [9.17, 15) is 13.2 Å². The summed E-state index contributed by atoms with van der Waals surface area (Å²) in [4.78, 5) is 14.8. The predicted molar refractivity (Wildman–Crippen MR) is 103 cm³/mol. The van der Waals surface area contributed by atoms with Gasteiger partial charge in [-0.3, -0.25) is 4.79 Å². The second kappa shape index (κ2) is 9.55. The molecule has 1 fully saturated rings. The van der Waals surface area contributed by atoms with Crippen LogP contribution in [-0.4, -0.2) is 50.7 Å². The third-order valence-corrected chi connectivity index (χ3v) is 6.84. The van der Waals surface area contributed by atoms with Gasteiger partial charge in [0.25, 0.3) is 5.91 Å². The van der Waals surface area contributed by atoms with Crippen molar-refractivity contribution in [3.8, 4) is 0 Å². The summed E-state index contributed by atoms with van der Waals surface area (Å²) in [5.74, 6) is 0.417. The minimum atomic E-state index is -3.47. The second-order valence-electron chi connectivity index (χ2n) is 6.63. The van der Waals surface area contributed by atoms with E-state index >= 15 is 0 Å². The molecule has 1 aromatic rings. The van der Waals surface area contributed by atoms with Gasteiger partial charge in [-0.15, -0.1) is 12.4 Å². The molecule has 1 heterocycles. The minimum Gasteiger partial charge on any atom is -0.339 e. The summed E-state index contributed by atoms with van der Waals surface area (Å²) in [7, 11) is -3.47. The molecule has 0 aliphatic carbocycles. The van der Waals surface area contributed by atoms with Crippen molar-refractivity contribution in [2.45, 2.75) is 43.8 Å². The van der Waals surface area contributed by atoms with Gasteiger partial charge in [-0.1, -0.05) is 19.1 Å². The fourth-order valence-electron chi connectivity index (χ4n) is 3.00. The molecule has 25 heavy (non-hydrogen) atoms. The smallest absolute Gasteiger partial charge is 0.255 e. The molecule has 1 aliphatic rings. The lowest BCUT2D eigenvalue weighted by molar-refractivity contribution is 0.0686. The van der Waals surface area contributed by atoms with E-state index in [4.69, 9.17) is 0 Å². The van der Waals surface area contributed by atoms with Crippen LogP contribution in [0.2, 0.25) is 0 Å². The molecular formula is C18H29ClN2O3S. The summed E-state index contributed by atoms with van der Waals surface area (Å²) in [5, 5.41) is 2.81. The monoisotopic (exact) mass is 388 g/mol. The molecular weight excluding hydrogens is 360 g/mol. The van der Waals surface area contributed by atoms with E-state index in [0.29, 0.717) is 24.6 Å². The average molecular weight is 389 g/mol. The third kappa shape index (κ3) is 5.19. The number of likely N-dealkylation sites (tertiary alicyclic amines) is 1. The fourth-order valence-corrected chi connectivity index (χ4v) is 4.24. The Kier molecular flexibility index (Phi) is 8.38. The molecule has 1 N–H and O–H groups in total. The van der Waals surface area contributed by atoms with Crippen LogP contribution in [0.15, 0.2) is 29.2 Å². The number of nitrogens with zero attached hydrogens (tertiary/aromatic N) is 1. The molecule has 1 amide bonds. The SMILES string of the molecule is CCNCC1CCN(C(=O)c2ccccc2S(=O)(=O)C(C)C)CC1.Cl. The molecule has 0 radical (unpaired) electrons. The Morgan fingerprint density at radius 2 is 1.84 bits per heavy atom. The Morgan fingerprint density at radius 3 is 2.40 bits per heavy atom. The highest BCUT2D eigenvalue weighted by Gasteiger charge is 2.29. The van der Waals surface area contributed by atoms with Crippen LogP contribution >= 0.6 is 12.4 Å². The van der Waals surface area contributed by atoms with E-state index in [1.807, 2.05) is 0 Å². The van der Waals surface area contributed by atoms with Crippen molar-refractivity contribution in [2.75, 3.05) is 26.2 Å². The number of sulfone groups is 1. The molecule has 7 heteroatoms. The Balaban J connectivity index is 0.00000312. The molecule has 1 aliphatic heterocycles. The van der Waals surface area contributed by atoms with E-state index in [1.54, 1.807) is 43.0 Å². The first-order chi connectivity index (χ1) is 11.4. The highest BCUT2D eigenvalue weighted by Crippen LogP contribution is 2.24. The van der Waals surface area contributed by atoms with Gasteiger partial charge in [0.05, 0.1) is 15.7 Å². The minimum absolute atomic E-state index is 0. The number of nitrogens with one attached hydrogen (secondary N) is 1. The highest BCUT2D eigenvalue weighted by molar-refractivity contribution is 7.92. The number of carbonyl (C=O) groups is 1. The number of benzene rings is 1. The summed E-state index contributed by atoms with van der Waals surface area (Å²) < 4.78 is 25.1. The van der Waals surface area contributed by atoms with Crippen molar-refractivity contribution in [3.05, 3.63) is 29.8 Å². The molecule has 0 aromatic heterocycles. The molecule has 2 rings (SSSR count). The first-order valence-corrected chi connectivity index (χ1v) is 10.3. The molecule has 0 unspecified atom stereocenters. The van der Waals surface area contributed by atoms with Crippen molar-refractivity contribution in [2.24, 2.45) is 5.92 Å². The summed E-state index contributed by atoms with van der Waals surface area (Å²) in [6.45, 7) is 8.68. The van der Waals surface area contributed by atoms with Crippen LogP contribution in [0.3, 0.4) is 0 Å². The van der Waals surface area contributed by atoms with Gasteiger partial charge in [0.1, 0.15) is 0 Å². The largest absolute Gasteiger partial charge is 0.339 e. The third-order valence-electron chi connectivity index (χ3n) is 4.63. The van der Waals surface area contributed by atoms with Gasteiger partial charge < -0.3 is 10.2 Å². The number of hydrogen-bond acceptors (Lipinski definition) is 4. The van der Waals surface area contributed by atoms with Crippen LogP contribution < -0.4 is 5.32 Å².